The van der Waals surface area contributed by atoms with E-state index in [4.69, 9.17) is 9.47 Å². The molecule has 0 bridgehead atoms. The molecule has 1 heterocycles. The Kier molecular flexibility index (Phi) is 8.35. The summed E-state index contributed by atoms with van der Waals surface area (Å²) in [5.74, 6) is 0.267. The number of nitrogens with zero attached hydrogens (tertiary/aromatic N) is 2. The lowest BCUT2D eigenvalue weighted by atomic mass is 10.0. The van der Waals surface area contributed by atoms with E-state index < -0.39 is 0 Å². The van der Waals surface area contributed by atoms with E-state index >= 15 is 0 Å². The molecule has 1 aliphatic carbocycles. The van der Waals surface area contributed by atoms with Gasteiger partial charge in [0.2, 0.25) is 11.8 Å². The number of ether oxygens (including phenoxy) is 2. The highest BCUT2D eigenvalue weighted by atomic mass is 16.5. The second kappa shape index (κ2) is 11.0. The van der Waals surface area contributed by atoms with Crippen molar-refractivity contribution in [3.63, 3.8) is 0 Å². The zero-order valence-corrected chi connectivity index (χ0v) is 20.4. The highest BCUT2D eigenvalue weighted by Gasteiger charge is 2.29. The molecule has 1 fully saturated rings. The monoisotopic (exact) mass is 459 g/mol. The van der Waals surface area contributed by atoms with Crippen LogP contribution in [0.15, 0.2) is 18.2 Å². The van der Waals surface area contributed by atoms with Crippen molar-refractivity contribution in [2.45, 2.75) is 58.6 Å². The van der Waals surface area contributed by atoms with E-state index in [-0.39, 0.29) is 48.3 Å². The molecule has 1 N–H and O–H groups in total. The quantitative estimate of drug-likeness (QED) is 0.750. The first kappa shape index (κ1) is 25.0. The van der Waals surface area contributed by atoms with Crippen molar-refractivity contribution in [1.82, 2.24) is 9.80 Å². The van der Waals surface area contributed by atoms with Gasteiger partial charge in [-0.15, -0.1) is 0 Å². The van der Waals surface area contributed by atoms with Crippen LogP contribution in [0.2, 0.25) is 0 Å². The van der Waals surface area contributed by atoms with E-state index in [0.29, 0.717) is 30.1 Å². The predicted molar refractivity (Wildman–Crippen MR) is 126 cm³/mol. The number of hydrogen-bond acceptors (Lipinski definition) is 5. The van der Waals surface area contributed by atoms with E-state index in [0.717, 1.165) is 25.7 Å². The van der Waals surface area contributed by atoms with Crippen molar-refractivity contribution in [2.75, 3.05) is 39.2 Å². The maximum absolute atomic E-state index is 13.3. The molecular weight excluding hydrogens is 422 g/mol. The molecule has 8 heteroatoms. The van der Waals surface area contributed by atoms with Crippen molar-refractivity contribution in [1.29, 1.82) is 0 Å². The van der Waals surface area contributed by atoms with Gasteiger partial charge in [-0.25, -0.2) is 0 Å². The molecule has 3 atom stereocenters. The van der Waals surface area contributed by atoms with Gasteiger partial charge in [-0.1, -0.05) is 19.8 Å². The third kappa shape index (κ3) is 6.05. The summed E-state index contributed by atoms with van der Waals surface area (Å²) in [5.41, 5.74) is 1.02. The maximum atomic E-state index is 13.3. The molecule has 0 radical (unpaired) electrons. The number of rotatable bonds is 3. The summed E-state index contributed by atoms with van der Waals surface area (Å²) in [7, 11) is 3.36. The summed E-state index contributed by atoms with van der Waals surface area (Å²) < 4.78 is 11.8. The van der Waals surface area contributed by atoms with Crippen molar-refractivity contribution >= 4 is 23.4 Å². The minimum absolute atomic E-state index is 0.0112. The molecule has 1 aromatic rings. The first-order chi connectivity index (χ1) is 15.7. The lowest BCUT2D eigenvalue weighted by Gasteiger charge is -2.35. The average Bonchev–Trinajstić information content (AvgIpc) is 3.33. The summed E-state index contributed by atoms with van der Waals surface area (Å²) in [6, 6.07) is 4.96. The molecule has 8 nitrogen and oxygen atoms in total. The minimum Gasteiger partial charge on any atom is -0.491 e. The second-order valence-corrected chi connectivity index (χ2v) is 9.45. The van der Waals surface area contributed by atoms with Crippen molar-refractivity contribution in [3.05, 3.63) is 23.8 Å². The number of amides is 3. The highest BCUT2D eigenvalue weighted by molar-refractivity contribution is 5.98. The lowest BCUT2D eigenvalue weighted by Crippen LogP contribution is -2.48. The first-order valence-electron chi connectivity index (χ1n) is 11.8. The lowest BCUT2D eigenvalue weighted by molar-refractivity contribution is -0.133. The van der Waals surface area contributed by atoms with Crippen LogP contribution in [0.25, 0.3) is 0 Å². The number of carbonyl (C=O) groups is 3. The summed E-state index contributed by atoms with van der Waals surface area (Å²) in [5, 5.41) is 2.98. The van der Waals surface area contributed by atoms with Gasteiger partial charge >= 0.3 is 0 Å². The Morgan fingerprint density at radius 2 is 1.85 bits per heavy atom. The molecule has 33 heavy (non-hydrogen) atoms. The van der Waals surface area contributed by atoms with Crippen LogP contribution >= 0.6 is 0 Å². The van der Waals surface area contributed by atoms with Crippen LogP contribution < -0.4 is 10.1 Å². The molecule has 0 unspecified atom stereocenters. The van der Waals surface area contributed by atoms with Crippen molar-refractivity contribution < 1.29 is 23.9 Å². The van der Waals surface area contributed by atoms with Gasteiger partial charge in [0.1, 0.15) is 12.4 Å². The second-order valence-electron chi connectivity index (χ2n) is 9.45. The molecule has 0 spiro atoms. The van der Waals surface area contributed by atoms with Crippen molar-refractivity contribution in [2.24, 2.45) is 11.8 Å². The minimum atomic E-state index is -0.221. The number of methoxy groups -OCH3 is 1. The van der Waals surface area contributed by atoms with Gasteiger partial charge in [0.05, 0.1) is 17.7 Å². The van der Waals surface area contributed by atoms with Gasteiger partial charge in [0.15, 0.2) is 0 Å². The van der Waals surface area contributed by atoms with Crippen LogP contribution in [-0.2, 0) is 14.3 Å². The van der Waals surface area contributed by atoms with E-state index in [9.17, 15) is 14.4 Å². The van der Waals surface area contributed by atoms with Gasteiger partial charge in [-0.05, 0) is 31.9 Å². The number of benzene rings is 1. The van der Waals surface area contributed by atoms with Crippen molar-refractivity contribution in [3.8, 4) is 5.75 Å². The predicted octanol–water partition coefficient (Wildman–Crippen LogP) is 3.17. The van der Waals surface area contributed by atoms with E-state index in [1.54, 1.807) is 49.1 Å². The van der Waals surface area contributed by atoms with Crippen LogP contribution in [-0.4, -0.2) is 73.5 Å². The Morgan fingerprint density at radius 1 is 1.15 bits per heavy atom. The van der Waals surface area contributed by atoms with Crippen LogP contribution in [0, 0.1) is 11.8 Å². The third-order valence-corrected chi connectivity index (χ3v) is 6.84. The van der Waals surface area contributed by atoms with Gasteiger partial charge in [0.25, 0.3) is 5.91 Å². The molecule has 0 saturated heterocycles. The van der Waals surface area contributed by atoms with Crippen LogP contribution in [0.4, 0.5) is 5.69 Å². The zero-order chi connectivity index (χ0) is 24.1. The largest absolute Gasteiger partial charge is 0.491 e. The Morgan fingerprint density at radius 3 is 2.48 bits per heavy atom. The molecule has 1 aromatic carbocycles. The molecule has 0 aromatic heterocycles. The van der Waals surface area contributed by atoms with Gasteiger partial charge < -0.3 is 24.6 Å². The SMILES string of the molecule is CO[C@H]1CN(C)C(=O)c2ccc(NC(=O)C3CCCC3)cc2OC[C@@H](C)N(C(C)=O)C[C@@H]1C. The molecular formula is C25H37N3O5. The summed E-state index contributed by atoms with van der Waals surface area (Å²) in [6.07, 6.45) is 3.76. The summed E-state index contributed by atoms with van der Waals surface area (Å²) in [6.45, 7) is 6.63. The molecule has 1 aliphatic heterocycles. The number of nitrogens with one attached hydrogen (secondary N) is 1. The Hall–Kier alpha value is -2.61. The van der Waals surface area contributed by atoms with Gasteiger partial charge in [0, 0.05) is 57.8 Å². The number of likely N-dealkylation sites (N-methyl/N-ethyl adjacent to an activating group) is 1. The number of anilines is 1. The fourth-order valence-corrected chi connectivity index (χ4v) is 4.72. The Balaban J connectivity index is 1.90. The zero-order valence-electron chi connectivity index (χ0n) is 20.4. The van der Waals surface area contributed by atoms with Gasteiger partial charge in [-0.2, -0.15) is 0 Å². The number of carbonyl (C=O) groups excluding carboxylic acids is 3. The Bertz CT molecular complexity index is 868. The van der Waals surface area contributed by atoms with Gasteiger partial charge in [-0.3, -0.25) is 14.4 Å². The fraction of sp³-hybridized carbons (Fsp3) is 0.640. The topological polar surface area (TPSA) is 88.2 Å². The molecule has 182 valence electrons. The fourth-order valence-electron chi connectivity index (χ4n) is 4.72. The molecule has 1 saturated carbocycles. The smallest absolute Gasteiger partial charge is 0.257 e. The highest BCUT2D eigenvalue weighted by Crippen LogP contribution is 2.29. The summed E-state index contributed by atoms with van der Waals surface area (Å²) in [4.78, 5) is 41.6. The Labute approximate surface area is 196 Å². The summed E-state index contributed by atoms with van der Waals surface area (Å²) >= 11 is 0. The van der Waals surface area contributed by atoms with Crippen LogP contribution in [0.5, 0.6) is 5.75 Å². The van der Waals surface area contributed by atoms with E-state index in [1.165, 1.54) is 0 Å². The molecule has 3 rings (SSSR count). The molecule has 3 amide bonds. The number of hydrogen-bond donors (Lipinski definition) is 1. The standard InChI is InChI=1S/C25H37N3O5/c1-16-13-28(18(3)29)17(2)15-33-22-12-20(26-24(30)19-8-6-7-9-19)10-11-21(22)25(31)27(4)14-23(16)32-5/h10-12,16-17,19,23H,6-9,13-15H2,1-5H3,(H,26,30)/t16-,17+,23-/m0/s1. The number of fused-ring (bicyclic) bond motifs is 1. The molecule has 2 aliphatic rings. The average molecular weight is 460 g/mol. The van der Waals surface area contributed by atoms with Crippen LogP contribution in [0.3, 0.4) is 0 Å². The first-order valence-corrected chi connectivity index (χ1v) is 11.8. The maximum Gasteiger partial charge on any atom is 0.257 e. The normalized spacial score (nSPS) is 25.0. The third-order valence-electron chi connectivity index (χ3n) is 6.84. The van der Waals surface area contributed by atoms with E-state index in [2.05, 4.69) is 5.32 Å². The van der Waals surface area contributed by atoms with Crippen LogP contribution in [0.1, 0.15) is 56.8 Å². The van der Waals surface area contributed by atoms with E-state index in [1.807, 2.05) is 13.8 Å².